The fourth-order valence-corrected chi connectivity index (χ4v) is 4.60. The molecule has 0 saturated carbocycles. The van der Waals surface area contributed by atoms with Gasteiger partial charge in [0.25, 0.3) is 5.56 Å². The maximum Gasteiger partial charge on any atom is 0.272 e. The number of benzene rings is 2. The van der Waals surface area contributed by atoms with Crippen molar-refractivity contribution >= 4 is 22.6 Å². The molecule has 0 aliphatic carbocycles. The van der Waals surface area contributed by atoms with E-state index >= 15 is 0 Å². The predicted octanol–water partition coefficient (Wildman–Crippen LogP) is 3.18. The maximum absolute atomic E-state index is 14.0. The second-order valence-electron chi connectivity index (χ2n) is 9.31. The Morgan fingerprint density at radius 3 is 2.49 bits per heavy atom. The van der Waals surface area contributed by atoms with E-state index in [2.05, 4.69) is 20.1 Å². The molecule has 1 aliphatic rings. The summed E-state index contributed by atoms with van der Waals surface area (Å²) in [4.78, 5) is 34.0. The van der Waals surface area contributed by atoms with Gasteiger partial charge in [-0.1, -0.05) is 12.1 Å². The first-order chi connectivity index (χ1) is 16.8. The Morgan fingerprint density at radius 1 is 1.03 bits per heavy atom. The number of nitrogens with one attached hydrogen (secondary N) is 1. The van der Waals surface area contributed by atoms with Crippen molar-refractivity contribution in [1.82, 2.24) is 19.8 Å². The van der Waals surface area contributed by atoms with Gasteiger partial charge in [-0.05, 0) is 69.1 Å². The Kier molecular flexibility index (Phi) is 7.80. The molecule has 1 amide bonds. The fraction of sp³-hybridized carbons (Fsp3) is 0.444. The number of anilines is 1. The summed E-state index contributed by atoms with van der Waals surface area (Å²) in [5.41, 5.74) is 4.73. The lowest BCUT2D eigenvalue weighted by molar-refractivity contribution is -0.121. The zero-order chi connectivity index (χ0) is 24.9. The summed E-state index contributed by atoms with van der Waals surface area (Å²) in [5, 5.41) is 2.98. The van der Waals surface area contributed by atoms with E-state index in [1.54, 1.807) is 17.6 Å². The second kappa shape index (κ2) is 11.0. The van der Waals surface area contributed by atoms with Crippen LogP contribution in [-0.2, 0) is 11.3 Å². The average molecular weight is 480 g/mol. The molecule has 0 spiro atoms. The van der Waals surface area contributed by atoms with E-state index < -0.39 is 0 Å². The number of para-hydroxylation sites is 1. The van der Waals surface area contributed by atoms with Crippen LogP contribution in [0.3, 0.4) is 0 Å². The number of aryl methyl sites for hydroxylation is 4. The van der Waals surface area contributed by atoms with Gasteiger partial charge >= 0.3 is 0 Å². The summed E-state index contributed by atoms with van der Waals surface area (Å²) >= 11 is 0. The zero-order valence-electron chi connectivity index (χ0n) is 20.8. The highest BCUT2D eigenvalue weighted by atomic mass is 19.1. The molecule has 0 radical (unpaired) electrons. The molecule has 4 rings (SSSR count). The summed E-state index contributed by atoms with van der Waals surface area (Å²) < 4.78 is 15.7. The van der Waals surface area contributed by atoms with Crippen LogP contribution in [0.15, 0.2) is 41.2 Å². The van der Waals surface area contributed by atoms with Gasteiger partial charge in [-0.3, -0.25) is 14.5 Å². The minimum Gasteiger partial charge on any atom is -0.367 e. The van der Waals surface area contributed by atoms with Crippen LogP contribution in [0.4, 0.5) is 10.1 Å². The first-order valence-corrected chi connectivity index (χ1v) is 12.3. The number of nitrogens with zero attached hydrogens (tertiary/aromatic N) is 4. The summed E-state index contributed by atoms with van der Waals surface area (Å²) in [7, 11) is 0. The molecule has 0 atom stereocenters. The zero-order valence-corrected chi connectivity index (χ0v) is 20.8. The lowest BCUT2D eigenvalue weighted by Crippen LogP contribution is -2.47. The number of piperazine rings is 1. The third-order valence-electron chi connectivity index (χ3n) is 6.83. The van der Waals surface area contributed by atoms with Crippen molar-refractivity contribution in [3.8, 4) is 0 Å². The van der Waals surface area contributed by atoms with Gasteiger partial charge in [0, 0.05) is 45.7 Å². The van der Waals surface area contributed by atoms with E-state index in [0.717, 1.165) is 61.3 Å². The monoisotopic (exact) mass is 479 g/mol. The first kappa shape index (κ1) is 24.9. The minimum absolute atomic E-state index is 0.0623. The van der Waals surface area contributed by atoms with Crippen LogP contribution < -0.4 is 15.8 Å². The van der Waals surface area contributed by atoms with Gasteiger partial charge < -0.3 is 14.8 Å². The van der Waals surface area contributed by atoms with Crippen molar-refractivity contribution in [2.45, 2.75) is 40.2 Å². The van der Waals surface area contributed by atoms with Crippen LogP contribution in [-0.4, -0.2) is 59.6 Å². The van der Waals surface area contributed by atoms with Crippen molar-refractivity contribution in [1.29, 1.82) is 0 Å². The fourth-order valence-electron chi connectivity index (χ4n) is 4.60. The van der Waals surface area contributed by atoms with Gasteiger partial charge in [-0.2, -0.15) is 0 Å². The smallest absolute Gasteiger partial charge is 0.272 e. The normalized spacial score (nSPS) is 14.5. The van der Waals surface area contributed by atoms with E-state index in [4.69, 9.17) is 0 Å². The number of carbonyl (C=O) groups is 1. The second-order valence-corrected chi connectivity index (χ2v) is 9.31. The number of halogens is 1. The number of rotatable bonds is 8. The lowest BCUT2D eigenvalue weighted by Gasteiger charge is -2.36. The van der Waals surface area contributed by atoms with Crippen molar-refractivity contribution in [3.63, 3.8) is 0 Å². The third kappa shape index (κ3) is 5.88. The molecule has 1 aromatic heterocycles. The van der Waals surface area contributed by atoms with E-state index in [1.807, 2.05) is 38.1 Å². The maximum atomic E-state index is 14.0. The predicted molar refractivity (Wildman–Crippen MR) is 138 cm³/mol. The topological polar surface area (TPSA) is 70.5 Å². The molecule has 0 unspecified atom stereocenters. The average Bonchev–Trinajstić information content (AvgIpc) is 2.84. The van der Waals surface area contributed by atoms with Crippen molar-refractivity contribution < 1.29 is 9.18 Å². The Morgan fingerprint density at radius 2 is 1.74 bits per heavy atom. The number of hydrogen-bond acceptors (Lipinski definition) is 5. The molecule has 7 nitrogen and oxygen atoms in total. The Hall–Kier alpha value is -3.26. The van der Waals surface area contributed by atoms with E-state index in [9.17, 15) is 14.0 Å². The lowest BCUT2D eigenvalue weighted by atomic mass is 10.1. The minimum atomic E-state index is -0.175. The largest absolute Gasteiger partial charge is 0.367 e. The Balaban J connectivity index is 1.22. The molecule has 186 valence electrons. The SMILES string of the molecule is Cc1cc2nc(C)c(=O)n(CCC(=O)NCCCN3CCN(c4ccccc4F)CC3)c2cc1C. The molecule has 2 heterocycles. The molecule has 1 saturated heterocycles. The number of aromatic nitrogens is 2. The molecular formula is C27H34FN5O2. The first-order valence-electron chi connectivity index (χ1n) is 12.3. The Labute approximate surface area is 205 Å². The van der Waals surface area contributed by atoms with Gasteiger partial charge in [0.1, 0.15) is 11.5 Å². The molecule has 35 heavy (non-hydrogen) atoms. The summed E-state index contributed by atoms with van der Waals surface area (Å²) in [6.45, 7) is 10.9. The molecule has 1 aliphatic heterocycles. The molecule has 2 aromatic carbocycles. The van der Waals surface area contributed by atoms with Crippen LogP contribution in [0.2, 0.25) is 0 Å². The highest BCUT2D eigenvalue weighted by molar-refractivity contribution is 5.78. The van der Waals surface area contributed by atoms with Gasteiger partial charge in [0.2, 0.25) is 5.91 Å². The van der Waals surface area contributed by atoms with E-state index in [-0.39, 0.29) is 23.7 Å². The van der Waals surface area contributed by atoms with Gasteiger partial charge in [0.05, 0.1) is 16.7 Å². The molecule has 0 bridgehead atoms. The number of hydrogen-bond donors (Lipinski definition) is 1. The van der Waals surface area contributed by atoms with Crippen molar-refractivity contribution in [2.24, 2.45) is 0 Å². The van der Waals surface area contributed by atoms with Gasteiger partial charge in [-0.15, -0.1) is 0 Å². The third-order valence-corrected chi connectivity index (χ3v) is 6.83. The van der Waals surface area contributed by atoms with Crippen molar-refractivity contribution in [2.75, 3.05) is 44.2 Å². The highest BCUT2D eigenvalue weighted by Crippen LogP contribution is 2.20. The molecule has 1 fully saturated rings. The highest BCUT2D eigenvalue weighted by Gasteiger charge is 2.19. The summed E-state index contributed by atoms with van der Waals surface area (Å²) in [5.74, 6) is -0.237. The molecular weight excluding hydrogens is 445 g/mol. The van der Waals surface area contributed by atoms with Crippen LogP contribution in [0, 0.1) is 26.6 Å². The summed E-state index contributed by atoms with van der Waals surface area (Å²) in [6, 6.07) is 10.9. The Bertz CT molecular complexity index is 1260. The standard InChI is InChI=1S/C27H34FN5O2/c1-19-17-23-25(18-20(19)2)33(27(35)21(3)30-23)12-9-26(34)29-10-6-11-31-13-15-32(16-14-31)24-8-5-4-7-22(24)28/h4-5,7-8,17-18H,6,9-16H2,1-3H3,(H,29,34). The number of amides is 1. The van der Waals surface area contributed by atoms with Crippen LogP contribution in [0.25, 0.3) is 11.0 Å². The summed E-state index contributed by atoms with van der Waals surface area (Å²) in [6.07, 6.45) is 1.09. The molecule has 3 aromatic rings. The van der Waals surface area contributed by atoms with Crippen LogP contribution in [0.1, 0.15) is 29.7 Å². The van der Waals surface area contributed by atoms with Crippen molar-refractivity contribution in [3.05, 3.63) is 69.4 Å². The van der Waals surface area contributed by atoms with E-state index in [1.165, 1.54) is 6.07 Å². The quantitative estimate of drug-likeness (QED) is 0.503. The number of fused-ring (bicyclic) bond motifs is 1. The number of carbonyl (C=O) groups excluding carboxylic acids is 1. The van der Waals surface area contributed by atoms with Crippen LogP contribution in [0.5, 0.6) is 0 Å². The van der Waals surface area contributed by atoms with Gasteiger partial charge in [-0.25, -0.2) is 9.37 Å². The van der Waals surface area contributed by atoms with Crippen LogP contribution >= 0.6 is 0 Å². The molecule has 8 heteroatoms. The van der Waals surface area contributed by atoms with Gasteiger partial charge in [0.15, 0.2) is 0 Å². The van der Waals surface area contributed by atoms with E-state index in [0.29, 0.717) is 24.5 Å². The molecule has 1 N–H and O–H groups in total.